The lowest BCUT2D eigenvalue weighted by Gasteiger charge is -2.41. The average Bonchev–Trinajstić information content (AvgIpc) is 2.64. The zero-order valence-electron chi connectivity index (χ0n) is 19.8. The molecule has 0 bridgehead atoms. The Morgan fingerprint density at radius 3 is 2.23 bits per heavy atom. The number of rotatable bonds is 7. The van der Waals surface area contributed by atoms with Crippen molar-refractivity contribution < 1.29 is 19.4 Å². The smallest absolute Gasteiger partial charge is 0.334 e. The van der Waals surface area contributed by atoms with Gasteiger partial charge in [0.05, 0.1) is 11.0 Å². The molecule has 2 rings (SSSR count). The van der Waals surface area contributed by atoms with Crippen molar-refractivity contribution in [2.45, 2.75) is 60.4 Å². The molecule has 0 radical (unpaired) electrons. The van der Waals surface area contributed by atoms with Crippen LogP contribution in [0.5, 0.6) is 0 Å². The molecule has 6 heteroatoms. The molecular formula is C25H36N2O4. The fourth-order valence-corrected chi connectivity index (χ4v) is 3.77. The molecule has 1 aliphatic heterocycles. The molecule has 0 saturated carbocycles. The SMILES string of the molecule is Cc1ccc(C2=C(C(=O)O)C(C)(COC(=O)C(C)(C)C)NC(CC(C)C)=C2CN)cc1. The second kappa shape index (κ2) is 9.27. The first-order valence-electron chi connectivity index (χ1n) is 10.7. The van der Waals surface area contributed by atoms with E-state index in [4.69, 9.17) is 10.5 Å². The summed E-state index contributed by atoms with van der Waals surface area (Å²) < 4.78 is 5.60. The average molecular weight is 429 g/mol. The molecular weight excluding hydrogens is 392 g/mol. The number of carboxylic acids is 1. The molecule has 1 heterocycles. The number of esters is 1. The van der Waals surface area contributed by atoms with Crippen LogP contribution < -0.4 is 11.1 Å². The van der Waals surface area contributed by atoms with Gasteiger partial charge in [-0.15, -0.1) is 0 Å². The molecule has 0 saturated heterocycles. The molecule has 1 aliphatic rings. The predicted molar refractivity (Wildman–Crippen MR) is 123 cm³/mol. The van der Waals surface area contributed by atoms with Crippen molar-refractivity contribution in [3.05, 3.63) is 52.2 Å². The lowest BCUT2D eigenvalue weighted by Crippen LogP contribution is -2.53. The normalized spacial score (nSPS) is 19.5. The number of allylic oxidation sites excluding steroid dienone is 1. The van der Waals surface area contributed by atoms with Gasteiger partial charge in [0.1, 0.15) is 12.1 Å². The van der Waals surface area contributed by atoms with Crippen LogP contribution in [0.3, 0.4) is 0 Å². The van der Waals surface area contributed by atoms with E-state index in [1.54, 1.807) is 27.7 Å². The van der Waals surface area contributed by atoms with Gasteiger partial charge in [-0.2, -0.15) is 0 Å². The molecule has 0 amide bonds. The van der Waals surface area contributed by atoms with Crippen molar-refractivity contribution in [1.29, 1.82) is 0 Å². The van der Waals surface area contributed by atoms with E-state index in [0.29, 0.717) is 17.9 Å². The van der Waals surface area contributed by atoms with Crippen LogP contribution >= 0.6 is 0 Å². The number of benzene rings is 1. The van der Waals surface area contributed by atoms with E-state index in [1.807, 2.05) is 31.2 Å². The second-order valence-electron chi connectivity index (χ2n) is 9.96. The third-order valence-electron chi connectivity index (χ3n) is 5.37. The molecule has 31 heavy (non-hydrogen) atoms. The summed E-state index contributed by atoms with van der Waals surface area (Å²) in [6, 6.07) is 7.75. The van der Waals surface area contributed by atoms with Crippen LogP contribution in [0.15, 0.2) is 41.1 Å². The highest BCUT2D eigenvalue weighted by atomic mass is 16.5. The minimum Gasteiger partial charge on any atom is -0.478 e. The fraction of sp³-hybridized carbons (Fsp3) is 0.520. The third-order valence-corrected chi connectivity index (χ3v) is 5.37. The number of ether oxygens (including phenoxy) is 1. The molecule has 0 spiro atoms. The molecule has 170 valence electrons. The van der Waals surface area contributed by atoms with Gasteiger partial charge in [-0.25, -0.2) is 4.79 Å². The summed E-state index contributed by atoms with van der Waals surface area (Å²) in [5, 5.41) is 13.7. The highest BCUT2D eigenvalue weighted by Crippen LogP contribution is 2.40. The number of carbonyl (C=O) groups excluding carboxylic acids is 1. The van der Waals surface area contributed by atoms with Gasteiger partial charge in [0.15, 0.2) is 0 Å². The van der Waals surface area contributed by atoms with Gasteiger partial charge in [0.25, 0.3) is 0 Å². The summed E-state index contributed by atoms with van der Waals surface area (Å²) >= 11 is 0. The van der Waals surface area contributed by atoms with Crippen LogP contribution in [-0.2, 0) is 14.3 Å². The second-order valence-corrected chi connectivity index (χ2v) is 9.96. The van der Waals surface area contributed by atoms with Crippen LogP contribution in [0.25, 0.3) is 5.57 Å². The minimum absolute atomic E-state index is 0.0977. The zero-order chi connectivity index (χ0) is 23.6. The molecule has 1 atom stereocenters. The van der Waals surface area contributed by atoms with E-state index in [-0.39, 0.29) is 24.7 Å². The minimum atomic E-state index is -1.10. The lowest BCUT2D eigenvalue weighted by atomic mass is 9.77. The number of nitrogens with one attached hydrogen (secondary N) is 1. The Kier molecular flexibility index (Phi) is 7.37. The summed E-state index contributed by atoms with van der Waals surface area (Å²) in [4.78, 5) is 25.0. The first-order valence-corrected chi connectivity index (χ1v) is 10.7. The van der Waals surface area contributed by atoms with Crippen molar-refractivity contribution in [3.8, 4) is 0 Å². The maximum Gasteiger partial charge on any atom is 0.334 e. The van der Waals surface area contributed by atoms with Crippen LogP contribution in [0.1, 0.15) is 59.1 Å². The number of carbonyl (C=O) groups is 2. The van der Waals surface area contributed by atoms with Crippen molar-refractivity contribution >= 4 is 17.5 Å². The largest absolute Gasteiger partial charge is 0.478 e. The molecule has 0 aliphatic carbocycles. The summed E-state index contributed by atoms with van der Waals surface area (Å²) in [7, 11) is 0. The maximum atomic E-state index is 12.6. The predicted octanol–water partition coefficient (Wildman–Crippen LogP) is 4.04. The lowest BCUT2D eigenvalue weighted by molar-refractivity contribution is -0.155. The Labute approximate surface area is 185 Å². The summed E-state index contributed by atoms with van der Waals surface area (Å²) in [6.07, 6.45) is 0.706. The van der Waals surface area contributed by atoms with E-state index in [9.17, 15) is 14.7 Å². The number of dihydropyridines is 1. The van der Waals surface area contributed by atoms with Crippen molar-refractivity contribution in [2.75, 3.05) is 13.2 Å². The van der Waals surface area contributed by atoms with Crippen LogP contribution in [0.4, 0.5) is 0 Å². The van der Waals surface area contributed by atoms with Gasteiger partial charge < -0.3 is 20.9 Å². The molecule has 1 aromatic carbocycles. The number of nitrogens with two attached hydrogens (primary N) is 1. The van der Waals surface area contributed by atoms with E-state index >= 15 is 0 Å². The Morgan fingerprint density at radius 2 is 1.77 bits per heavy atom. The number of carboxylic acid groups (broad SMARTS) is 1. The van der Waals surface area contributed by atoms with E-state index in [1.165, 1.54) is 0 Å². The van der Waals surface area contributed by atoms with Gasteiger partial charge in [-0.05, 0) is 58.1 Å². The van der Waals surface area contributed by atoms with Crippen molar-refractivity contribution in [1.82, 2.24) is 5.32 Å². The van der Waals surface area contributed by atoms with E-state index in [0.717, 1.165) is 22.4 Å². The topological polar surface area (TPSA) is 102 Å². The van der Waals surface area contributed by atoms with Crippen LogP contribution in [0.2, 0.25) is 0 Å². The Hall–Kier alpha value is -2.60. The summed E-state index contributed by atoms with van der Waals surface area (Å²) in [5.41, 5.74) is 8.69. The number of aliphatic carboxylic acids is 1. The monoisotopic (exact) mass is 428 g/mol. The number of hydrogen-bond acceptors (Lipinski definition) is 5. The Bertz CT molecular complexity index is 904. The zero-order valence-corrected chi connectivity index (χ0v) is 19.8. The molecule has 0 fully saturated rings. The Morgan fingerprint density at radius 1 is 1.19 bits per heavy atom. The maximum absolute atomic E-state index is 12.6. The first kappa shape index (κ1) is 24.7. The molecule has 0 aromatic heterocycles. The molecule has 1 unspecified atom stereocenters. The standard InChI is InChI=1S/C25H36N2O4/c1-15(2)12-19-18(13-26)20(17-10-8-16(3)9-11-17)21(22(28)29)25(7,27-19)14-31-23(30)24(4,5)6/h8-11,15,27H,12-14,26H2,1-7H3,(H,28,29). The van der Waals surface area contributed by atoms with Gasteiger partial charge in [-0.1, -0.05) is 43.7 Å². The van der Waals surface area contributed by atoms with Crippen molar-refractivity contribution in [2.24, 2.45) is 17.1 Å². The highest BCUT2D eigenvalue weighted by Gasteiger charge is 2.43. The molecule has 6 nitrogen and oxygen atoms in total. The first-order chi connectivity index (χ1) is 14.3. The van der Waals surface area contributed by atoms with Gasteiger partial charge in [-0.3, -0.25) is 4.79 Å². The quantitative estimate of drug-likeness (QED) is 0.567. The van der Waals surface area contributed by atoms with Crippen LogP contribution in [0, 0.1) is 18.3 Å². The van der Waals surface area contributed by atoms with Gasteiger partial charge in [0.2, 0.25) is 0 Å². The molecule has 1 aromatic rings. The Balaban J connectivity index is 2.71. The van der Waals surface area contributed by atoms with Gasteiger partial charge in [0, 0.05) is 17.8 Å². The number of aryl methyl sites for hydroxylation is 1. The molecule has 4 N–H and O–H groups in total. The number of hydrogen-bond donors (Lipinski definition) is 3. The van der Waals surface area contributed by atoms with Gasteiger partial charge >= 0.3 is 11.9 Å². The van der Waals surface area contributed by atoms with E-state index in [2.05, 4.69) is 19.2 Å². The highest BCUT2D eigenvalue weighted by molar-refractivity contribution is 6.04. The van der Waals surface area contributed by atoms with Crippen LogP contribution in [-0.4, -0.2) is 35.7 Å². The third kappa shape index (κ3) is 5.56. The van der Waals surface area contributed by atoms with Crippen molar-refractivity contribution in [3.63, 3.8) is 0 Å². The summed E-state index contributed by atoms with van der Waals surface area (Å²) in [5.74, 6) is -1.11. The van der Waals surface area contributed by atoms with E-state index < -0.39 is 16.9 Å². The fourth-order valence-electron chi connectivity index (χ4n) is 3.77. The summed E-state index contributed by atoms with van der Waals surface area (Å²) in [6.45, 7) is 13.4.